The van der Waals surface area contributed by atoms with Crippen LogP contribution in [0.3, 0.4) is 0 Å². The molecular weight excluding hydrogens is 428 g/mol. The summed E-state index contributed by atoms with van der Waals surface area (Å²) in [4.78, 5) is 24.8. The molecule has 2 aromatic rings. The van der Waals surface area contributed by atoms with Crippen LogP contribution in [0.25, 0.3) is 0 Å². The van der Waals surface area contributed by atoms with Gasteiger partial charge in [-0.15, -0.1) is 0 Å². The van der Waals surface area contributed by atoms with Gasteiger partial charge < -0.3 is 18.9 Å². The Morgan fingerprint density at radius 3 is 2.71 bits per heavy atom. The lowest BCUT2D eigenvalue weighted by molar-refractivity contribution is 0.0459. The number of ketones is 1. The highest BCUT2D eigenvalue weighted by Gasteiger charge is 2.20. The molecule has 7 heteroatoms. The van der Waals surface area contributed by atoms with E-state index >= 15 is 0 Å². The predicted octanol–water partition coefficient (Wildman–Crippen LogP) is 4.06. The second-order valence-electron chi connectivity index (χ2n) is 6.29. The first kappa shape index (κ1) is 20.4. The van der Waals surface area contributed by atoms with Crippen molar-refractivity contribution in [2.45, 2.75) is 18.9 Å². The monoisotopic (exact) mass is 448 g/mol. The number of carbonyl (C=O) groups is 2. The second kappa shape index (κ2) is 9.71. The van der Waals surface area contributed by atoms with Gasteiger partial charge in [-0.05, 0) is 59.1 Å². The highest BCUT2D eigenvalue weighted by atomic mass is 79.9. The first-order valence-electron chi connectivity index (χ1n) is 8.96. The number of rotatable bonds is 8. The zero-order chi connectivity index (χ0) is 19.9. The third-order valence-corrected chi connectivity index (χ3v) is 4.98. The van der Waals surface area contributed by atoms with Crippen LogP contribution in [0.1, 0.15) is 33.6 Å². The number of methoxy groups -OCH3 is 1. The Labute approximate surface area is 171 Å². The molecular formula is C21H21BrO6. The number of para-hydroxylation sites is 1. The van der Waals surface area contributed by atoms with E-state index in [-0.39, 0.29) is 24.1 Å². The zero-order valence-electron chi connectivity index (χ0n) is 15.5. The molecule has 1 saturated heterocycles. The maximum atomic E-state index is 12.4. The normalized spacial score (nSPS) is 15.9. The number of hydrogen-bond acceptors (Lipinski definition) is 6. The van der Waals surface area contributed by atoms with Gasteiger partial charge in [-0.3, -0.25) is 4.79 Å². The fourth-order valence-electron chi connectivity index (χ4n) is 2.85. The lowest BCUT2D eigenvalue weighted by atomic mass is 10.1. The summed E-state index contributed by atoms with van der Waals surface area (Å²) in [5.41, 5.74) is 0.701. The predicted molar refractivity (Wildman–Crippen MR) is 106 cm³/mol. The summed E-state index contributed by atoms with van der Waals surface area (Å²) in [5.74, 6) is 0.117. The minimum absolute atomic E-state index is 0.0409. The molecule has 0 saturated carbocycles. The van der Waals surface area contributed by atoms with Crippen LogP contribution in [-0.4, -0.2) is 44.8 Å². The van der Waals surface area contributed by atoms with Crippen LogP contribution < -0.4 is 9.47 Å². The Kier molecular flexibility index (Phi) is 7.06. The van der Waals surface area contributed by atoms with Gasteiger partial charge in [0.1, 0.15) is 23.7 Å². The van der Waals surface area contributed by atoms with Gasteiger partial charge in [0.2, 0.25) is 0 Å². The molecule has 0 bridgehead atoms. The third-order valence-electron chi connectivity index (χ3n) is 4.36. The molecule has 1 fully saturated rings. The van der Waals surface area contributed by atoms with Crippen molar-refractivity contribution >= 4 is 27.7 Å². The van der Waals surface area contributed by atoms with E-state index in [0.717, 1.165) is 19.4 Å². The molecule has 28 heavy (non-hydrogen) atoms. The Bertz CT molecular complexity index is 845. The quantitative estimate of drug-likeness (QED) is 0.447. The van der Waals surface area contributed by atoms with E-state index in [9.17, 15) is 9.59 Å². The van der Waals surface area contributed by atoms with Gasteiger partial charge in [0.05, 0.1) is 17.7 Å². The fraction of sp³-hybridized carbons (Fsp3) is 0.333. The van der Waals surface area contributed by atoms with Gasteiger partial charge in [-0.1, -0.05) is 12.1 Å². The molecule has 0 aromatic heterocycles. The molecule has 0 spiro atoms. The molecule has 0 radical (unpaired) electrons. The summed E-state index contributed by atoms with van der Waals surface area (Å²) < 4.78 is 22.3. The summed E-state index contributed by atoms with van der Waals surface area (Å²) in [6, 6.07) is 11.7. The van der Waals surface area contributed by atoms with E-state index in [0.29, 0.717) is 28.1 Å². The summed E-state index contributed by atoms with van der Waals surface area (Å²) in [6.45, 7) is 0.752. The Hall–Kier alpha value is -2.38. The average Bonchev–Trinajstić information content (AvgIpc) is 3.24. The minimum atomic E-state index is -0.608. The van der Waals surface area contributed by atoms with Gasteiger partial charge in [0, 0.05) is 12.2 Å². The molecule has 148 valence electrons. The van der Waals surface area contributed by atoms with Crippen molar-refractivity contribution in [2.24, 2.45) is 0 Å². The molecule has 0 aliphatic carbocycles. The Morgan fingerprint density at radius 1 is 1.18 bits per heavy atom. The minimum Gasteiger partial charge on any atom is -0.496 e. The Morgan fingerprint density at radius 2 is 2.00 bits per heavy atom. The summed E-state index contributed by atoms with van der Waals surface area (Å²) >= 11 is 3.34. The van der Waals surface area contributed by atoms with E-state index in [1.54, 1.807) is 49.6 Å². The number of halogens is 1. The first-order chi connectivity index (χ1) is 13.6. The molecule has 1 aliphatic rings. The molecule has 1 aliphatic heterocycles. The topological polar surface area (TPSA) is 71.1 Å². The molecule has 0 N–H and O–H groups in total. The van der Waals surface area contributed by atoms with Crippen LogP contribution in [-0.2, 0) is 9.47 Å². The van der Waals surface area contributed by atoms with E-state index in [2.05, 4.69) is 15.9 Å². The lowest BCUT2D eigenvalue weighted by Crippen LogP contribution is -2.19. The van der Waals surface area contributed by atoms with Crippen LogP contribution in [0.15, 0.2) is 46.9 Å². The second-order valence-corrected chi connectivity index (χ2v) is 7.15. The van der Waals surface area contributed by atoms with Crippen LogP contribution in [0.2, 0.25) is 0 Å². The van der Waals surface area contributed by atoms with E-state index in [1.165, 1.54) is 0 Å². The maximum Gasteiger partial charge on any atom is 0.342 e. The van der Waals surface area contributed by atoms with Crippen LogP contribution >= 0.6 is 15.9 Å². The van der Waals surface area contributed by atoms with Crippen molar-refractivity contribution in [1.82, 2.24) is 0 Å². The smallest absolute Gasteiger partial charge is 0.342 e. The molecule has 1 atom stereocenters. The number of hydrogen-bond donors (Lipinski definition) is 0. The van der Waals surface area contributed by atoms with Crippen LogP contribution in [0.4, 0.5) is 0 Å². The number of benzene rings is 2. The number of ether oxygens (including phenoxy) is 4. The third kappa shape index (κ3) is 5.11. The number of esters is 1. The van der Waals surface area contributed by atoms with Crippen molar-refractivity contribution in [3.05, 3.63) is 58.1 Å². The van der Waals surface area contributed by atoms with Crippen molar-refractivity contribution in [3.8, 4) is 11.5 Å². The highest BCUT2D eigenvalue weighted by molar-refractivity contribution is 9.10. The standard InChI is InChI=1S/C21H21BrO6/c1-25-20-9-8-14(11-17(20)22)18(23)13-28-21(24)16-6-2-3-7-19(16)27-12-15-5-4-10-26-15/h2-3,6-9,11,15H,4-5,10,12-13H2,1H3. The average molecular weight is 449 g/mol. The summed E-state index contributed by atoms with van der Waals surface area (Å²) in [5, 5.41) is 0. The lowest BCUT2D eigenvalue weighted by Gasteiger charge is -2.14. The van der Waals surface area contributed by atoms with Gasteiger partial charge in [0.15, 0.2) is 12.4 Å². The summed E-state index contributed by atoms with van der Waals surface area (Å²) in [6.07, 6.45) is 2.00. The van der Waals surface area contributed by atoms with Crippen LogP contribution in [0.5, 0.6) is 11.5 Å². The maximum absolute atomic E-state index is 12.4. The van der Waals surface area contributed by atoms with Crippen molar-refractivity contribution in [1.29, 1.82) is 0 Å². The first-order valence-corrected chi connectivity index (χ1v) is 9.75. The largest absolute Gasteiger partial charge is 0.496 e. The van der Waals surface area contributed by atoms with E-state index in [4.69, 9.17) is 18.9 Å². The number of carbonyl (C=O) groups excluding carboxylic acids is 2. The van der Waals surface area contributed by atoms with Crippen molar-refractivity contribution in [3.63, 3.8) is 0 Å². The molecule has 3 rings (SSSR count). The molecule has 0 amide bonds. The van der Waals surface area contributed by atoms with Gasteiger partial charge in [0.25, 0.3) is 0 Å². The number of Topliss-reactive ketones (excluding diaryl/α,β-unsaturated/α-hetero) is 1. The van der Waals surface area contributed by atoms with Crippen molar-refractivity contribution in [2.75, 3.05) is 26.9 Å². The molecule has 1 unspecified atom stereocenters. The van der Waals surface area contributed by atoms with E-state index < -0.39 is 5.97 Å². The molecule has 1 heterocycles. The Balaban J connectivity index is 1.60. The molecule has 2 aromatic carbocycles. The molecule has 6 nitrogen and oxygen atoms in total. The van der Waals surface area contributed by atoms with Gasteiger partial charge >= 0.3 is 5.97 Å². The van der Waals surface area contributed by atoms with Gasteiger partial charge in [-0.2, -0.15) is 0 Å². The zero-order valence-corrected chi connectivity index (χ0v) is 17.1. The van der Waals surface area contributed by atoms with Crippen molar-refractivity contribution < 1.29 is 28.5 Å². The fourth-order valence-corrected chi connectivity index (χ4v) is 3.39. The summed E-state index contributed by atoms with van der Waals surface area (Å²) in [7, 11) is 1.54. The van der Waals surface area contributed by atoms with Crippen LogP contribution in [0, 0.1) is 0 Å². The van der Waals surface area contributed by atoms with Gasteiger partial charge in [-0.25, -0.2) is 4.79 Å². The SMILES string of the molecule is COc1ccc(C(=O)COC(=O)c2ccccc2OCC2CCCO2)cc1Br. The van der Waals surface area contributed by atoms with E-state index in [1.807, 2.05) is 0 Å². The highest BCUT2D eigenvalue weighted by Crippen LogP contribution is 2.26.